The van der Waals surface area contributed by atoms with E-state index >= 15 is 0 Å². The van der Waals surface area contributed by atoms with Crippen molar-refractivity contribution in [2.75, 3.05) is 72.5 Å². The lowest BCUT2D eigenvalue weighted by molar-refractivity contribution is -0.143. The van der Waals surface area contributed by atoms with Crippen molar-refractivity contribution in [3.05, 3.63) is 131 Å². The lowest BCUT2D eigenvalue weighted by atomic mass is 9.85. The molecule has 2 fully saturated rings. The Labute approximate surface area is 476 Å². The molecule has 6 aromatic heterocycles. The van der Waals surface area contributed by atoms with Crippen molar-refractivity contribution in [1.29, 1.82) is 0 Å². The highest BCUT2D eigenvalue weighted by atomic mass is 16.5. The second-order valence-corrected chi connectivity index (χ2v) is 23.5. The second-order valence-electron chi connectivity index (χ2n) is 23.5. The summed E-state index contributed by atoms with van der Waals surface area (Å²) in [6.07, 6.45) is 17.5. The topological polar surface area (TPSA) is 173 Å². The molecule has 2 saturated heterocycles. The Hall–Kier alpha value is -6.66. The van der Waals surface area contributed by atoms with Gasteiger partial charge in [-0.3, -0.25) is 39.3 Å². The smallest absolute Gasteiger partial charge is 0.242 e. The molecule has 4 aliphatic rings. The first kappa shape index (κ1) is 54.9. The van der Waals surface area contributed by atoms with Crippen molar-refractivity contribution < 1.29 is 14.3 Å². The second kappa shape index (κ2) is 24.4. The molecule has 0 spiro atoms. The standard InChI is InChI=1S/C65H81N13O3/c1-44-38-76(39-45(2)81-44)60(80)43-78-56-20-11-17-49(61(56)52-25-30-69-54(65(52)78)41-74(32-8-6-26-66)57-21-10-14-46-15-13-28-70-62(46)57)47-23-31-71-63-50(47)18-12-22-58(63)75(33-9-7-27-67)40-53-64-51(24-29-68-53)48-16-4-5-19-55(48)77(64)42-59(79)73-36-34-72(3)35-37-73/h4-5,11,13,15-17,19-20,23-25,28-31,44-45,57-58H,6-10,12,14,18,21-22,26-27,32-43,66-67H2,1-3H3/t44?,45?,57-,58-/m0/s1. The summed E-state index contributed by atoms with van der Waals surface area (Å²) in [4.78, 5) is 61.3. The number of ether oxygens (including phenoxy) is 1. The average Bonchev–Trinajstić information content (AvgIpc) is 4.17. The Morgan fingerprint density at radius 3 is 1.91 bits per heavy atom. The van der Waals surface area contributed by atoms with Crippen LogP contribution >= 0.6 is 0 Å². The molecule has 12 rings (SSSR count). The van der Waals surface area contributed by atoms with E-state index in [-0.39, 0.29) is 49.2 Å². The molecule has 424 valence electrons. The van der Waals surface area contributed by atoms with Gasteiger partial charge < -0.3 is 40.0 Å². The number of benzene rings is 2. The van der Waals surface area contributed by atoms with Gasteiger partial charge in [0.05, 0.1) is 63.6 Å². The average molecular weight is 1090 g/mol. The number of para-hydroxylation sites is 1. The normalized spacial score (nSPS) is 19.8. The SMILES string of the molecule is CC1CN(C(=O)Cn2c3cccc(-c4ccnc5c4CCC[C@@H]5N(CCCCN)Cc4nccc5c6ccccc6n(CC(=O)N6CCN(C)CC6)c45)c3c3ccnc(CN(CCCCN)[C@H]4CCCc5cccnc54)c32)CC(C)O1. The molecule has 0 bridgehead atoms. The number of aryl methyl sites for hydroxylation is 1. The number of carbonyl (C=O) groups is 2. The summed E-state index contributed by atoms with van der Waals surface area (Å²) in [6.45, 7) is 13.0. The summed E-state index contributed by atoms with van der Waals surface area (Å²) in [5.74, 6) is 0.215. The van der Waals surface area contributed by atoms with E-state index in [0.717, 1.165) is 170 Å². The van der Waals surface area contributed by atoms with Crippen molar-refractivity contribution >= 4 is 55.4 Å². The van der Waals surface area contributed by atoms with E-state index in [1.165, 1.54) is 22.4 Å². The van der Waals surface area contributed by atoms with Crippen LogP contribution in [0, 0.1) is 0 Å². The van der Waals surface area contributed by atoms with Crippen LogP contribution in [0.25, 0.3) is 54.7 Å². The first-order valence-electron chi connectivity index (χ1n) is 30.1. The molecule has 2 amide bonds. The zero-order valence-corrected chi connectivity index (χ0v) is 47.8. The quantitative estimate of drug-likeness (QED) is 0.0739. The van der Waals surface area contributed by atoms with Gasteiger partial charge in [-0.2, -0.15) is 0 Å². The number of amides is 2. The summed E-state index contributed by atoms with van der Waals surface area (Å²) in [5, 5.41) is 4.46. The van der Waals surface area contributed by atoms with E-state index < -0.39 is 0 Å². The molecule has 8 aromatic rings. The minimum absolute atomic E-state index is 0.0188. The maximum atomic E-state index is 14.8. The van der Waals surface area contributed by atoms with E-state index in [2.05, 4.69) is 118 Å². The number of hydrogen-bond donors (Lipinski definition) is 2. The van der Waals surface area contributed by atoms with Gasteiger partial charge in [0.2, 0.25) is 11.8 Å². The molecule has 16 nitrogen and oxygen atoms in total. The molecule has 16 heteroatoms. The monoisotopic (exact) mass is 1090 g/mol. The van der Waals surface area contributed by atoms with E-state index in [1.807, 2.05) is 34.6 Å². The van der Waals surface area contributed by atoms with Crippen LogP contribution in [-0.2, 0) is 53.3 Å². The largest absolute Gasteiger partial charge is 0.372 e. The van der Waals surface area contributed by atoms with Gasteiger partial charge in [0, 0.05) is 104 Å². The fraction of sp³-hybridized carbons (Fsp3) is 0.477. The lowest BCUT2D eigenvalue weighted by Gasteiger charge is -2.36. The summed E-state index contributed by atoms with van der Waals surface area (Å²) in [6, 6.07) is 26.1. The number of pyridine rings is 4. The maximum absolute atomic E-state index is 14.8. The van der Waals surface area contributed by atoms with Crippen molar-refractivity contribution in [1.82, 2.24) is 53.6 Å². The molecule has 2 aliphatic carbocycles. The number of nitrogens with two attached hydrogens (primary N) is 2. The number of likely N-dealkylation sites (N-methyl/N-ethyl adjacent to an activating group) is 1. The summed E-state index contributed by atoms with van der Waals surface area (Å²) in [7, 11) is 2.12. The van der Waals surface area contributed by atoms with E-state index in [4.69, 9.17) is 36.1 Å². The molecule has 81 heavy (non-hydrogen) atoms. The molecule has 2 aliphatic heterocycles. The van der Waals surface area contributed by atoms with Gasteiger partial charge in [-0.05, 0) is 170 Å². The fourth-order valence-electron chi connectivity index (χ4n) is 14.1. The summed E-state index contributed by atoms with van der Waals surface area (Å²) >= 11 is 0. The first-order valence-corrected chi connectivity index (χ1v) is 30.1. The van der Waals surface area contributed by atoms with Crippen molar-refractivity contribution in [3.63, 3.8) is 0 Å². The molecule has 0 radical (unpaired) electrons. The number of piperazine rings is 1. The molecule has 2 unspecified atom stereocenters. The zero-order chi connectivity index (χ0) is 55.6. The number of carbonyl (C=O) groups excluding carboxylic acids is 2. The number of nitrogens with zero attached hydrogens (tertiary/aromatic N) is 11. The third-order valence-electron chi connectivity index (χ3n) is 18.0. The van der Waals surface area contributed by atoms with Crippen LogP contribution in [0.4, 0.5) is 0 Å². The number of fused-ring (bicyclic) bond motifs is 8. The van der Waals surface area contributed by atoms with Crippen LogP contribution in [0.2, 0.25) is 0 Å². The van der Waals surface area contributed by atoms with E-state index in [1.54, 1.807) is 0 Å². The van der Waals surface area contributed by atoms with Crippen LogP contribution in [0.3, 0.4) is 0 Å². The predicted octanol–water partition coefficient (Wildman–Crippen LogP) is 8.80. The zero-order valence-electron chi connectivity index (χ0n) is 47.8. The van der Waals surface area contributed by atoms with Crippen LogP contribution < -0.4 is 11.5 Å². The Morgan fingerprint density at radius 1 is 0.593 bits per heavy atom. The van der Waals surface area contributed by atoms with Crippen LogP contribution in [0.15, 0.2) is 97.6 Å². The first-order chi connectivity index (χ1) is 39.7. The molecular weight excluding hydrogens is 1010 g/mol. The van der Waals surface area contributed by atoms with Gasteiger partial charge >= 0.3 is 0 Å². The Balaban J connectivity index is 0.952. The predicted molar refractivity (Wildman–Crippen MR) is 321 cm³/mol. The van der Waals surface area contributed by atoms with E-state index in [0.29, 0.717) is 39.3 Å². The Kier molecular flexibility index (Phi) is 16.6. The van der Waals surface area contributed by atoms with E-state index in [9.17, 15) is 9.59 Å². The third-order valence-corrected chi connectivity index (χ3v) is 18.0. The molecule has 4 N–H and O–H groups in total. The molecule has 4 atom stereocenters. The van der Waals surface area contributed by atoms with Gasteiger partial charge in [0.15, 0.2) is 0 Å². The number of aromatic nitrogens is 6. The lowest BCUT2D eigenvalue weighted by Crippen LogP contribution is -2.49. The molecule has 8 heterocycles. The molecule has 2 aromatic carbocycles. The highest BCUT2D eigenvalue weighted by molar-refractivity contribution is 6.16. The van der Waals surface area contributed by atoms with Crippen molar-refractivity contribution in [3.8, 4) is 11.1 Å². The Morgan fingerprint density at radius 2 is 1.20 bits per heavy atom. The molecule has 0 saturated carbocycles. The minimum Gasteiger partial charge on any atom is -0.372 e. The highest BCUT2D eigenvalue weighted by Crippen LogP contribution is 2.45. The fourth-order valence-corrected chi connectivity index (χ4v) is 14.1. The minimum atomic E-state index is -0.0495. The van der Waals surface area contributed by atoms with Gasteiger partial charge in [-0.25, -0.2) is 0 Å². The number of unbranched alkanes of at least 4 members (excludes halogenated alkanes) is 2. The van der Waals surface area contributed by atoms with Crippen LogP contribution in [-0.4, -0.2) is 150 Å². The maximum Gasteiger partial charge on any atom is 0.242 e. The van der Waals surface area contributed by atoms with Gasteiger partial charge in [0.1, 0.15) is 13.1 Å². The summed E-state index contributed by atoms with van der Waals surface area (Å²) in [5.41, 5.74) is 25.5. The number of morpholine rings is 1. The van der Waals surface area contributed by atoms with Crippen LogP contribution in [0.1, 0.15) is 111 Å². The third kappa shape index (κ3) is 11.1. The number of rotatable bonds is 19. The van der Waals surface area contributed by atoms with Gasteiger partial charge in [-0.1, -0.05) is 36.4 Å². The highest BCUT2D eigenvalue weighted by Gasteiger charge is 2.34. The van der Waals surface area contributed by atoms with Gasteiger partial charge in [0.25, 0.3) is 0 Å². The van der Waals surface area contributed by atoms with Crippen LogP contribution in [0.5, 0.6) is 0 Å². The number of hydrogen-bond acceptors (Lipinski definition) is 12. The Bertz CT molecular complexity index is 3540. The summed E-state index contributed by atoms with van der Waals surface area (Å²) < 4.78 is 10.6. The van der Waals surface area contributed by atoms with Gasteiger partial charge in [-0.15, -0.1) is 0 Å². The molecular formula is C65H81N13O3. The van der Waals surface area contributed by atoms with Crippen molar-refractivity contribution in [2.24, 2.45) is 11.5 Å². The van der Waals surface area contributed by atoms with Crippen molar-refractivity contribution in [2.45, 2.75) is 129 Å².